The van der Waals surface area contributed by atoms with Crippen LogP contribution >= 0.6 is 0 Å². The summed E-state index contributed by atoms with van der Waals surface area (Å²) in [5, 5.41) is 9.76. The molecule has 1 atom stereocenters. The molecule has 0 aromatic heterocycles. The lowest BCUT2D eigenvalue weighted by Gasteiger charge is -2.15. The van der Waals surface area contributed by atoms with Gasteiger partial charge < -0.3 is 5.11 Å². The number of aliphatic hydroxyl groups excluding tert-OH is 1. The molecule has 1 aromatic carbocycles. The van der Waals surface area contributed by atoms with E-state index in [1.165, 1.54) is 6.07 Å². The molecule has 0 aliphatic carbocycles. The lowest BCUT2D eigenvalue weighted by molar-refractivity contribution is -0.140. The van der Waals surface area contributed by atoms with Gasteiger partial charge in [-0.1, -0.05) is 19.9 Å². The average molecular weight is 264 g/mol. The third-order valence-corrected chi connectivity index (χ3v) is 2.70. The Kier molecular flexibility index (Phi) is 4.73. The molecule has 1 nitrogen and oxygen atoms in total. The molecule has 0 radical (unpaired) electrons. The number of alkyl halides is 3. The largest absolute Gasteiger partial charge is 0.419 e. The molecule has 18 heavy (non-hydrogen) atoms. The molecule has 1 unspecified atom stereocenters. The monoisotopic (exact) mass is 264 g/mol. The van der Waals surface area contributed by atoms with Crippen molar-refractivity contribution in [1.82, 2.24) is 0 Å². The SMILES string of the molecule is CC(C)CCC(O)c1ccc(F)c(C(F)(F)F)c1. The first-order valence-electron chi connectivity index (χ1n) is 5.76. The molecule has 0 amide bonds. The van der Waals surface area contributed by atoms with Crippen LogP contribution in [0.2, 0.25) is 0 Å². The fourth-order valence-corrected chi connectivity index (χ4v) is 1.63. The van der Waals surface area contributed by atoms with Crippen molar-refractivity contribution in [2.45, 2.75) is 39.0 Å². The summed E-state index contributed by atoms with van der Waals surface area (Å²) in [6.07, 6.45) is -4.67. The van der Waals surface area contributed by atoms with Crippen LogP contribution in [0.4, 0.5) is 17.6 Å². The first kappa shape index (κ1) is 15.0. The first-order valence-corrected chi connectivity index (χ1v) is 5.76. The molecule has 0 aliphatic rings. The van der Waals surface area contributed by atoms with Gasteiger partial charge >= 0.3 is 6.18 Å². The second-order valence-corrected chi connectivity index (χ2v) is 4.72. The number of benzene rings is 1. The van der Waals surface area contributed by atoms with Crippen LogP contribution in [0.25, 0.3) is 0 Å². The van der Waals surface area contributed by atoms with Crippen LogP contribution in [0.15, 0.2) is 18.2 Å². The molecular weight excluding hydrogens is 248 g/mol. The van der Waals surface area contributed by atoms with Gasteiger partial charge in [0, 0.05) is 0 Å². The van der Waals surface area contributed by atoms with Crippen molar-refractivity contribution >= 4 is 0 Å². The van der Waals surface area contributed by atoms with Crippen LogP contribution in [0.1, 0.15) is 43.9 Å². The maximum atomic E-state index is 13.0. The third-order valence-electron chi connectivity index (χ3n) is 2.70. The van der Waals surface area contributed by atoms with Gasteiger partial charge in [-0.25, -0.2) is 4.39 Å². The van der Waals surface area contributed by atoms with Crippen molar-refractivity contribution in [3.63, 3.8) is 0 Å². The summed E-state index contributed by atoms with van der Waals surface area (Å²) in [6.45, 7) is 3.91. The summed E-state index contributed by atoms with van der Waals surface area (Å²) >= 11 is 0. The predicted molar refractivity (Wildman–Crippen MR) is 60.4 cm³/mol. The third kappa shape index (κ3) is 3.98. The molecule has 0 saturated heterocycles. The molecule has 5 heteroatoms. The molecule has 0 bridgehead atoms. The van der Waals surface area contributed by atoms with Crippen molar-refractivity contribution in [3.05, 3.63) is 35.1 Å². The summed E-state index contributed by atoms with van der Waals surface area (Å²) in [4.78, 5) is 0. The molecule has 1 N–H and O–H groups in total. The van der Waals surface area contributed by atoms with E-state index in [1.54, 1.807) is 0 Å². The van der Waals surface area contributed by atoms with E-state index in [4.69, 9.17) is 0 Å². The van der Waals surface area contributed by atoms with E-state index in [1.807, 2.05) is 13.8 Å². The zero-order valence-corrected chi connectivity index (χ0v) is 10.3. The van der Waals surface area contributed by atoms with Crippen LogP contribution in [0.5, 0.6) is 0 Å². The Morgan fingerprint density at radius 3 is 2.28 bits per heavy atom. The minimum Gasteiger partial charge on any atom is -0.388 e. The summed E-state index contributed by atoms with van der Waals surface area (Å²) in [7, 11) is 0. The normalized spacial score (nSPS) is 14.0. The first-order chi connectivity index (χ1) is 8.21. The molecule has 102 valence electrons. The van der Waals surface area contributed by atoms with Gasteiger partial charge in [-0.05, 0) is 36.5 Å². The Labute approximate surface area is 103 Å². The van der Waals surface area contributed by atoms with Gasteiger partial charge in [-0.2, -0.15) is 13.2 Å². The van der Waals surface area contributed by atoms with E-state index in [0.29, 0.717) is 24.8 Å². The maximum Gasteiger partial charge on any atom is 0.419 e. The molecule has 0 heterocycles. The van der Waals surface area contributed by atoms with E-state index in [0.717, 1.165) is 6.07 Å². The molecule has 0 fully saturated rings. The topological polar surface area (TPSA) is 20.2 Å². The highest BCUT2D eigenvalue weighted by Crippen LogP contribution is 2.33. The lowest BCUT2D eigenvalue weighted by atomic mass is 9.98. The number of hydrogen-bond acceptors (Lipinski definition) is 1. The smallest absolute Gasteiger partial charge is 0.388 e. The molecule has 0 aliphatic heterocycles. The van der Waals surface area contributed by atoms with Gasteiger partial charge in [0.2, 0.25) is 0 Å². The van der Waals surface area contributed by atoms with Crippen molar-refractivity contribution < 1.29 is 22.7 Å². The van der Waals surface area contributed by atoms with Crippen molar-refractivity contribution in [1.29, 1.82) is 0 Å². The highest BCUT2D eigenvalue weighted by atomic mass is 19.4. The number of hydrogen-bond donors (Lipinski definition) is 1. The van der Waals surface area contributed by atoms with Gasteiger partial charge in [-0.3, -0.25) is 0 Å². The van der Waals surface area contributed by atoms with E-state index >= 15 is 0 Å². The molecule has 0 saturated carbocycles. The van der Waals surface area contributed by atoms with Gasteiger partial charge in [0.25, 0.3) is 0 Å². The molecule has 1 aromatic rings. The second-order valence-electron chi connectivity index (χ2n) is 4.72. The van der Waals surface area contributed by atoms with Crippen LogP contribution < -0.4 is 0 Å². The van der Waals surface area contributed by atoms with Crippen molar-refractivity contribution in [2.24, 2.45) is 5.92 Å². The molecular formula is C13H16F4O. The average Bonchev–Trinajstić information content (AvgIpc) is 2.24. The Balaban J connectivity index is 2.91. The number of halogens is 4. The van der Waals surface area contributed by atoms with E-state index < -0.39 is 23.7 Å². The Morgan fingerprint density at radius 2 is 1.78 bits per heavy atom. The van der Waals surface area contributed by atoms with Gasteiger partial charge in [0.05, 0.1) is 11.7 Å². The quantitative estimate of drug-likeness (QED) is 0.803. The zero-order valence-electron chi connectivity index (χ0n) is 10.3. The Morgan fingerprint density at radius 1 is 1.17 bits per heavy atom. The van der Waals surface area contributed by atoms with E-state index in [-0.39, 0.29) is 5.56 Å². The summed E-state index contributed by atoms with van der Waals surface area (Å²) < 4.78 is 50.5. The minimum atomic E-state index is -4.74. The van der Waals surface area contributed by atoms with Crippen LogP contribution in [0, 0.1) is 11.7 Å². The van der Waals surface area contributed by atoms with Gasteiger partial charge in [-0.15, -0.1) is 0 Å². The lowest BCUT2D eigenvalue weighted by Crippen LogP contribution is -2.10. The zero-order chi connectivity index (χ0) is 13.9. The molecule has 1 rings (SSSR count). The molecule has 0 spiro atoms. The minimum absolute atomic E-state index is 0.101. The van der Waals surface area contributed by atoms with E-state index in [2.05, 4.69) is 0 Å². The predicted octanol–water partition coefficient (Wildman–Crippen LogP) is 4.31. The van der Waals surface area contributed by atoms with Crippen molar-refractivity contribution in [2.75, 3.05) is 0 Å². The Bertz CT molecular complexity index is 398. The van der Waals surface area contributed by atoms with E-state index in [9.17, 15) is 22.7 Å². The fourth-order valence-electron chi connectivity index (χ4n) is 1.63. The fraction of sp³-hybridized carbons (Fsp3) is 0.538. The maximum absolute atomic E-state index is 13.0. The summed E-state index contributed by atoms with van der Waals surface area (Å²) in [5.41, 5.74) is -1.23. The number of rotatable bonds is 4. The second kappa shape index (κ2) is 5.69. The van der Waals surface area contributed by atoms with Gasteiger partial charge in [0.15, 0.2) is 0 Å². The van der Waals surface area contributed by atoms with Gasteiger partial charge in [0.1, 0.15) is 5.82 Å². The standard InChI is InChI=1S/C13H16F4O/c1-8(2)3-6-12(18)9-4-5-11(14)10(7-9)13(15,16)17/h4-5,7-8,12,18H,3,6H2,1-2H3. The Hall–Kier alpha value is -1.10. The summed E-state index contributed by atoms with van der Waals surface area (Å²) in [6, 6.07) is 2.62. The highest BCUT2D eigenvalue weighted by Gasteiger charge is 2.34. The summed E-state index contributed by atoms with van der Waals surface area (Å²) in [5.74, 6) is -0.968. The van der Waals surface area contributed by atoms with Crippen LogP contribution in [-0.2, 0) is 6.18 Å². The van der Waals surface area contributed by atoms with Crippen LogP contribution in [0.3, 0.4) is 0 Å². The number of aliphatic hydroxyl groups is 1. The van der Waals surface area contributed by atoms with Crippen molar-refractivity contribution in [3.8, 4) is 0 Å². The highest BCUT2D eigenvalue weighted by molar-refractivity contribution is 5.28. The van der Waals surface area contributed by atoms with Crippen LogP contribution in [-0.4, -0.2) is 5.11 Å².